The van der Waals surface area contributed by atoms with Crippen molar-refractivity contribution in [2.75, 3.05) is 18.8 Å². The van der Waals surface area contributed by atoms with E-state index in [0.717, 1.165) is 23.6 Å². The molecule has 0 radical (unpaired) electrons. The third-order valence-corrected chi connectivity index (χ3v) is 5.83. The number of likely N-dealkylation sites (tertiary alicyclic amines) is 1. The standard InChI is InChI=1S/C17H35NS/c1-6-8-17(13-19,9-7-2)12-18-11-14(3)10-15(4)16(18)5/h14-16,19H,6-13H2,1-5H3. The average molecular weight is 286 g/mol. The lowest BCUT2D eigenvalue weighted by Crippen LogP contribution is -2.50. The molecule has 0 spiro atoms. The summed E-state index contributed by atoms with van der Waals surface area (Å²) in [5.74, 6) is 2.73. The van der Waals surface area contributed by atoms with Crippen LogP contribution in [0.15, 0.2) is 0 Å². The summed E-state index contributed by atoms with van der Waals surface area (Å²) < 4.78 is 0. The molecule has 19 heavy (non-hydrogen) atoms. The number of thiol groups is 1. The van der Waals surface area contributed by atoms with E-state index in [9.17, 15) is 0 Å². The van der Waals surface area contributed by atoms with Gasteiger partial charge in [0.25, 0.3) is 0 Å². The van der Waals surface area contributed by atoms with Crippen molar-refractivity contribution in [3.63, 3.8) is 0 Å². The molecule has 1 aliphatic rings. The van der Waals surface area contributed by atoms with Gasteiger partial charge in [-0.2, -0.15) is 12.6 Å². The van der Waals surface area contributed by atoms with Crippen LogP contribution in [0.5, 0.6) is 0 Å². The van der Waals surface area contributed by atoms with Crippen LogP contribution >= 0.6 is 12.6 Å². The third-order valence-electron chi connectivity index (χ3n) is 5.15. The van der Waals surface area contributed by atoms with Gasteiger partial charge in [0, 0.05) is 19.1 Å². The molecule has 114 valence electrons. The Balaban J connectivity index is 2.76. The minimum atomic E-state index is 0.442. The number of piperidine rings is 1. The lowest BCUT2D eigenvalue weighted by atomic mass is 9.78. The Morgan fingerprint density at radius 1 is 1.11 bits per heavy atom. The number of hydrogen-bond acceptors (Lipinski definition) is 2. The Bertz CT molecular complexity index is 248. The molecule has 3 atom stereocenters. The summed E-state index contributed by atoms with van der Waals surface area (Å²) in [6, 6.07) is 0.740. The monoisotopic (exact) mass is 285 g/mol. The molecule has 1 nitrogen and oxygen atoms in total. The zero-order valence-electron chi connectivity index (χ0n) is 13.8. The van der Waals surface area contributed by atoms with Crippen LogP contribution in [0.3, 0.4) is 0 Å². The Hall–Kier alpha value is 0.310. The molecule has 1 saturated heterocycles. The molecule has 1 heterocycles. The number of hydrogen-bond donors (Lipinski definition) is 1. The van der Waals surface area contributed by atoms with Crippen LogP contribution in [0.4, 0.5) is 0 Å². The number of nitrogens with zero attached hydrogens (tertiary/aromatic N) is 1. The Morgan fingerprint density at radius 3 is 2.16 bits per heavy atom. The van der Waals surface area contributed by atoms with E-state index in [2.05, 4.69) is 39.5 Å². The molecule has 0 bridgehead atoms. The first-order valence-corrected chi connectivity index (χ1v) is 8.96. The normalized spacial score (nSPS) is 29.7. The molecule has 0 aliphatic carbocycles. The summed E-state index contributed by atoms with van der Waals surface area (Å²) >= 11 is 4.72. The molecule has 1 fully saturated rings. The lowest BCUT2D eigenvalue weighted by molar-refractivity contribution is 0.0365. The van der Waals surface area contributed by atoms with Gasteiger partial charge in [0.15, 0.2) is 0 Å². The van der Waals surface area contributed by atoms with E-state index in [1.54, 1.807) is 0 Å². The minimum Gasteiger partial charge on any atom is -0.300 e. The van der Waals surface area contributed by atoms with Crippen LogP contribution in [0.25, 0.3) is 0 Å². The van der Waals surface area contributed by atoms with Crippen molar-refractivity contribution in [3.05, 3.63) is 0 Å². The topological polar surface area (TPSA) is 3.24 Å². The van der Waals surface area contributed by atoms with Gasteiger partial charge >= 0.3 is 0 Å². The molecule has 0 N–H and O–H groups in total. The first-order valence-electron chi connectivity index (χ1n) is 8.33. The molecule has 1 aliphatic heterocycles. The average Bonchev–Trinajstić information content (AvgIpc) is 2.36. The largest absolute Gasteiger partial charge is 0.300 e. The summed E-state index contributed by atoms with van der Waals surface area (Å²) in [4.78, 5) is 2.76. The fraction of sp³-hybridized carbons (Fsp3) is 1.00. The van der Waals surface area contributed by atoms with Crippen molar-refractivity contribution in [1.29, 1.82) is 0 Å². The molecule has 3 unspecified atom stereocenters. The van der Waals surface area contributed by atoms with Crippen molar-refractivity contribution in [2.45, 2.75) is 72.8 Å². The molecule has 0 saturated carbocycles. The fourth-order valence-corrected chi connectivity index (χ4v) is 4.44. The molecule has 0 amide bonds. The zero-order chi connectivity index (χ0) is 14.5. The highest BCUT2D eigenvalue weighted by atomic mass is 32.1. The predicted molar refractivity (Wildman–Crippen MR) is 90.1 cm³/mol. The Morgan fingerprint density at radius 2 is 1.68 bits per heavy atom. The van der Waals surface area contributed by atoms with Crippen LogP contribution in [-0.2, 0) is 0 Å². The van der Waals surface area contributed by atoms with Crippen LogP contribution in [0.2, 0.25) is 0 Å². The Kier molecular flexibility index (Phi) is 7.24. The predicted octanol–water partition coefficient (Wildman–Crippen LogP) is 4.87. The van der Waals surface area contributed by atoms with E-state index < -0.39 is 0 Å². The van der Waals surface area contributed by atoms with Crippen molar-refractivity contribution >= 4 is 12.6 Å². The van der Waals surface area contributed by atoms with Gasteiger partial charge in [-0.25, -0.2) is 0 Å². The summed E-state index contributed by atoms with van der Waals surface area (Å²) in [7, 11) is 0. The molecule has 0 aromatic rings. The van der Waals surface area contributed by atoms with E-state index in [0.29, 0.717) is 5.41 Å². The van der Waals surface area contributed by atoms with Crippen LogP contribution in [0, 0.1) is 17.3 Å². The maximum atomic E-state index is 4.72. The molecule has 0 aromatic carbocycles. The quantitative estimate of drug-likeness (QED) is 0.653. The highest BCUT2D eigenvalue weighted by molar-refractivity contribution is 7.80. The van der Waals surface area contributed by atoms with Crippen molar-refractivity contribution in [3.8, 4) is 0 Å². The van der Waals surface area contributed by atoms with Crippen LogP contribution in [-0.4, -0.2) is 29.8 Å². The Labute approximate surface area is 126 Å². The highest BCUT2D eigenvalue weighted by Crippen LogP contribution is 2.36. The molecule has 1 rings (SSSR count). The second kappa shape index (κ2) is 7.93. The molecule has 0 aromatic heterocycles. The summed E-state index contributed by atoms with van der Waals surface area (Å²) in [5, 5.41) is 0. The lowest BCUT2D eigenvalue weighted by Gasteiger charge is -2.46. The zero-order valence-corrected chi connectivity index (χ0v) is 14.7. The van der Waals surface area contributed by atoms with Crippen molar-refractivity contribution < 1.29 is 0 Å². The van der Waals surface area contributed by atoms with Gasteiger partial charge in [-0.05, 0) is 49.2 Å². The first-order chi connectivity index (χ1) is 8.98. The SMILES string of the molecule is CCCC(CS)(CCC)CN1CC(C)CC(C)C1C. The molecular formula is C17H35NS. The van der Waals surface area contributed by atoms with Gasteiger partial charge in [-0.1, -0.05) is 40.5 Å². The van der Waals surface area contributed by atoms with Gasteiger partial charge in [-0.15, -0.1) is 0 Å². The van der Waals surface area contributed by atoms with Gasteiger partial charge in [0.05, 0.1) is 0 Å². The smallest absolute Gasteiger partial charge is 0.00930 e. The van der Waals surface area contributed by atoms with Crippen molar-refractivity contribution in [2.24, 2.45) is 17.3 Å². The summed E-state index contributed by atoms with van der Waals surface area (Å²) in [6.45, 7) is 14.4. The van der Waals surface area contributed by atoms with Gasteiger partial charge in [-0.3, -0.25) is 4.90 Å². The third kappa shape index (κ3) is 4.67. The van der Waals surface area contributed by atoms with Gasteiger partial charge in [0.2, 0.25) is 0 Å². The fourth-order valence-electron chi connectivity index (χ4n) is 4.02. The van der Waals surface area contributed by atoms with E-state index >= 15 is 0 Å². The van der Waals surface area contributed by atoms with E-state index in [4.69, 9.17) is 12.6 Å². The van der Waals surface area contributed by atoms with Gasteiger partial charge < -0.3 is 0 Å². The maximum absolute atomic E-state index is 4.72. The van der Waals surface area contributed by atoms with E-state index in [1.807, 2.05) is 0 Å². The van der Waals surface area contributed by atoms with Crippen LogP contribution < -0.4 is 0 Å². The second-order valence-corrected chi connectivity index (χ2v) is 7.46. The summed E-state index contributed by atoms with van der Waals surface area (Å²) in [5.41, 5.74) is 0.442. The first kappa shape index (κ1) is 17.4. The highest BCUT2D eigenvalue weighted by Gasteiger charge is 2.35. The maximum Gasteiger partial charge on any atom is 0.00930 e. The second-order valence-electron chi connectivity index (χ2n) is 7.15. The molecule has 2 heteroatoms. The van der Waals surface area contributed by atoms with Gasteiger partial charge in [0.1, 0.15) is 0 Å². The van der Waals surface area contributed by atoms with Crippen LogP contribution in [0.1, 0.15) is 66.7 Å². The number of rotatable bonds is 7. The van der Waals surface area contributed by atoms with E-state index in [-0.39, 0.29) is 0 Å². The molecular weight excluding hydrogens is 250 g/mol. The summed E-state index contributed by atoms with van der Waals surface area (Å²) in [6.07, 6.45) is 6.63. The van der Waals surface area contributed by atoms with Crippen molar-refractivity contribution in [1.82, 2.24) is 4.90 Å². The van der Waals surface area contributed by atoms with E-state index in [1.165, 1.54) is 45.2 Å². The minimum absolute atomic E-state index is 0.442.